The number of hydrogen-bond donors (Lipinski definition) is 1. The van der Waals surface area contributed by atoms with E-state index in [0.29, 0.717) is 6.04 Å². The molecule has 0 aromatic carbocycles. The predicted octanol–water partition coefficient (Wildman–Crippen LogP) is 3.88. The maximum Gasteiger partial charge on any atom is 0.0692 e. The van der Waals surface area contributed by atoms with Gasteiger partial charge in [0, 0.05) is 28.9 Å². The third-order valence-corrected chi connectivity index (χ3v) is 5.14. The van der Waals surface area contributed by atoms with Gasteiger partial charge in [-0.05, 0) is 44.7 Å². The summed E-state index contributed by atoms with van der Waals surface area (Å²) in [6.45, 7) is 8.57. The van der Waals surface area contributed by atoms with Gasteiger partial charge in [0.1, 0.15) is 0 Å². The van der Waals surface area contributed by atoms with Crippen molar-refractivity contribution in [3.63, 3.8) is 0 Å². The van der Waals surface area contributed by atoms with Crippen molar-refractivity contribution in [1.82, 2.24) is 5.32 Å². The van der Waals surface area contributed by atoms with E-state index < -0.39 is 0 Å². The molecule has 1 aliphatic heterocycles. The van der Waals surface area contributed by atoms with Crippen LogP contribution < -0.4 is 5.32 Å². The third kappa shape index (κ3) is 3.34. The van der Waals surface area contributed by atoms with Gasteiger partial charge < -0.3 is 10.1 Å². The predicted molar refractivity (Wildman–Crippen MR) is 78.2 cm³/mol. The maximum absolute atomic E-state index is 6.01. The zero-order valence-electron chi connectivity index (χ0n) is 11.8. The van der Waals surface area contributed by atoms with E-state index >= 15 is 0 Å². The van der Waals surface area contributed by atoms with E-state index in [1.807, 2.05) is 11.3 Å². The van der Waals surface area contributed by atoms with E-state index in [4.69, 9.17) is 4.74 Å². The summed E-state index contributed by atoms with van der Waals surface area (Å²) in [6, 6.07) is 5.05. The van der Waals surface area contributed by atoms with Crippen molar-refractivity contribution in [2.75, 3.05) is 6.61 Å². The molecule has 0 amide bonds. The molecule has 0 spiro atoms. The lowest BCUT2D eigenvalue weighted by molar-refractivity contribution is -0.0931. The minimum Gasteiger partial charge on any atom is -0.375 e. The molecule has 1 saturated heterocycles. The van der Waals surface area contributed by atoms with Gasteiger partial charge in [-0.25, -0.2) is 0 Å². The molecule has 1 unspecified atom stereocenters. The van der Waals surface area contributed by atoms with Gasteiger partial charge in [-0.15, -0.1) is 11.3 Å². The zero-order chi connectivity index (χ0) is 13.0. The van der Waals surface area contributed by atoms with Crippen LogP contribution in [0.1, 0.15) is 49.3 Å². The van der Waals surface area contributed by atoms with E-state index in [9.17, 15) is 0 Å². The summed E-state index contributed by atoms with van der Waals surface area (Å²) >= 11 is 1.89. The first-order chi connectivity index (χ1) is 8.67. The fourth-order valence-corrected chi connectivity index (χ4v) is 3.61. The minimum atomic E-state index is 0.126. The second kappa shape index (κ2) is 6.18. The van der Waals surface area contributed by atoms with Gasteiger partial charge in [-0.2, -0.15) is 0 Å². The number of rotatable bonds is 5. The van der Waals surface area contributed by atoms with E-state index in [1.165, 1.54) is 9.75 Å². The van der Waals surface area contributed by atoms with Crippen molar-refractivity contribution < 1.29 is 4.74 Å². The molecule has 18 heavy (non-hydrogen) atoms. The molecule has 0 bridgehead atoms. The Morgan fingerprint density at radius 3 is 2.78 bits per heavy atom. The van der Waals surface area contributed by atoms with Crippen LogP contribution in [0.15, 0.2) is 12.1 Å². The van der Waals surface area contributed by atoms with Crippen LogP contribution in [0.25, 0.3) is 0 Å². The van der Waals surface area contributed by atoms with Gasteiger partial charge in [0.2, 0.25) is 0 Å². The second-order valence-corrected chi connectivity index (χ2v) is 6.69. The minimum absolute atomic E-state index is 0.126. The number of thiophene rings is 1. The summed E-state index contributed by atoms with van der Waals surface area (Å²) < 4.78 is 6.01. The van der Waals surface area contributed by atoms with E-state index in [0.717, 1.165) is 38.8 Å². The first kappa shape index (κ1) is 14.0. The Kier molecular flexibility index (Phi) is 4.82. The summed E-state index contributed by atoms with van der Waals surface area (Å²) in [5.41, 5.74) is 0.126. The molecule has 2 heterocycles. The Hall–Kier alpha value is -0.380. The smallest absolute Gasteiger partial charge is 0.0692 e. The van der Waals surface area contributed by atoms with E-state index in [1.54, 1.807) is 0 Å². The topological polar surface area (TPSA) is 21.3 Å². The molecule has 1 aromatic rings. The third-order valence-electron chi connectivity index (χ3n) is 4.14. The molecule has 2 nitrogen and oxygen atoms in total. The highest BCUT2D eigenvalue weighted by molar-refractivity contribution is 7.11. The number of ether oxygens (including phenoxy) is 1. The summed E-state index contributed by atoms with van der Waals surface area (Å²) in [5, 5.41) is 3.71. The molecule has 2 rings (SSSR count). The second-order valence-electron chi connectivity index (χ2n) is 5.32. The van der Waals surface area contributed by atoms with Crippen LogP contribution in [0.2, 0.25) is 0 Å². The van der Waals surface area contributed by atoms with Gasteiger partial charge in [0.05, 0.1) is 5.60 Å². The van der Waals surface area contributed by atoms with Crippen LogP contribution in [-0.4, -0.2) is 18.2 Å². The fourth-order valence-electron chi connectivity index (χ4n) is 2.77. The van der Waals surface area contributed by atoms with Gasteiger partial charge in [-0.1, -0.05) is 13.8 Å². The normalized spacial score (nSPS) is 23.2. The van der Waals surface area contributed by atoms with Crippen molar-refractivity contribution in [2.24, 2.45) is 0 Å². The Bertz CT molecular complexity index is 370. The Morgan fingerprint density at radius 1 is 1.39 bits per heavy atom. The summed E-state index contributed by atoms with van der Waals surface area (Å²) in [7, 11) is 0. The zero-order valence-corrected chi connectivity index (χ0v) is 12.6. The molecule has 1 aliphatic rings. The highest BCUT2D eigenvalue weighted by Crippen LogP contribution is 2.31. The molecular weight excluding hydrogens is 242 g/mol. The van der Waals surface area contributed by atoms with Crippen LogP contribution in [0.4, 0.5) is 0 Å². The first-order valence-electron chi connectivity index (χ1n) is 7.10. The van der Waals surface area contributed by atoms with Crippen LogP contribution in [0.3, 0.4) is 0 Å². The molecule has 0 saturated carbocycles. The highest BCUT2D eigenvalue weighted by Gasteiger charge is 2.34. The lowest BCUT2D eigenvalue weighted by atomic mass is 9.86. The molecule has 0 aliphatic carbocycles. The average Bonchev–Trinajstić information content (AvgIpc) is 2.82. The first-order valence-corrected chi connectivity index (χ1v) is 7.92. The van der Waals surface area contributed by atoms with E-state index in [2.05, 4.69) is 38.2 Å². The molecular formula is C15H25NOS. The lowest BCUT2D eigenvalue weighted by Crippen LogP contribution is -2.46. The lowest BCUT2D eigenvalue weighted by Gasteiger charge is -2.40. The average molecular weight is 267 g/mol. The quantitative estimate of drug-likeness (QED) is 0.874. The Balaban J connectivity index is 1.86. The molecule has 0 radical (unpaired) electrons. The molecule has 102 valence electrons. The molecule has 1 aromatic heterocycles. The van der Waals surface area contributed by atoms with Gasteiger partial charge in [0.15, 0.2) is 0 Å². The summed E-state index contributed by atoms with van der Waals surface area (Å²) in [6.07, 6.45) is 4.55. The fraction of sp³-hybridized carbons (Fsp3) is 0.733. The van der Waals surface area contributed by atoms with Crippen molar-refractivity contribution >= 4 is 11.3 Å². The summed E-state index contributed by atoms with van der Waals surface area (Å²) in [4.78, 5) is 2.84. The van der Waals surface area contributed by atoms with E-state index in [-0.39, 0.29) is 5.60 Å². The SMILES string of the molecule is CCC1(CC)CC(NCc2ccc(C)s2)CCO1. The van der Waals surface area contributed by atoms with Gasteiger partial charge >= 0.3 is 0 Å². The number of hydrogen-bond acceptors (Lipinski definition) is 3. The Morgan fingerprint density at radius 2 is 2.17 bits per heavy atom. The van der Waals surface area contributed by atoms with Crippen molar-refractivity contribution in [1.29, 1.82) is 0 Å². The monoisotopic (exact) mass is 267 g/mol. The molecule has 1 N–H and O–H groups in total. The Labute approximate surface area is 115 Å². The molecule has 1 fully saturated rings. The van der Waals surface area contributed by atoms with Crippen LogP contribution >= 0.6 is 11.3 Å². The van der Waals surface area contributed by atoms with Crippen LogP contribution in [0.5, 0.6) is 0 Å². The summed E-state index contributed by atoms with van der Waals surface area (Å²) in [5.74, 6) is 0. The number of aryl methyl sites for hydroxylation is 1. The molecule has 1 atom stereocenters. The standard InChI is InChI=1S/C15H25NOS/c1-4-15(5-2)10-13(8-9-17-15)16-11-14-7-6-12(3)18-14/h6-7,13,16H,4-5,8-11H2,1-3H3. The van der Waals surface area contributed by atoms with Crippen molar-refractivity contribution in [3.05, 3.63) is 21.9 Å². The highest BCUT2D eigenvalue weighted by atomic mass is 32.1. The van der Waals surface area contributed by atoms with Crippen molar-refractivity contribution in [2.45, 2.75) is 64.6 Å². The maximum atomic E-state index is 6.01. The van der Waals surface area contributed by atoms with Crippen LogP contribution in [-0.2, 0) is 11.3 Å². The largest absolute Gasteiger partial charge is 0.375 e. The van der Waals surface area contributed by atoms with Crippen molar-refractivity contribution in [3.8, 4) is 0 Å². The van der Waals surface area contributed by atoms with Gasteiger partial charge in [-0.3, -0.25) is 0 Å². The van der Waals surface area contributed by atoms with Crippen LogP contribution in [0, 0.1) is 6.92 Å². The number of nitrogens with one attached hydrogen (secondary N) is 1. The van der Waals surface area contributed by atoms with Gasteiger partial charge in [0.25, 0.3) is 0 Å². The molecule has 3 heteroatoms.